The fourth-order valence-corrected chi connectivity index (χ4v) is 2.63. The number of rotatable bonds is 2. The van der Waals surface area contributed by atoms with Crippen LogP contribution in [0.4, 0.5) is 5.13 Å². The lowest BCUT2D eigenvalue weighted by Gasteiger charge is -2.11. The lowest BCUT2D eigenvalue weighted by Crippen LogP contribution is -2.24. The predicted octanol–water partition coefficient (Wildman–Crippen LogP) is 2.64. The first-order valence-electron chi connectivity index (χ1n) is 4.67. The van der Waals surface area contributed by atoms with E-state index in [1.807, 2.05) is 13.0 Å². The second-order valence-electron chi connectivity index (χ2n) is 3.56. The van der Waals surface area contributed by atoms with Gasteiger partial charge in [-0.25, -0.2) is 4.98 Å². The molecule has 0 bridgehead atoms. The molecule has 1 unspecified atom stereocenters. The van der Waals surface area contributed by atoms with Gasteiger partial charge in [-0.05, 0) is 6.92 Å². The average Bonchev–Trinajstić information content (AvgIpc) is 2.71. The summed E-state index contributed by atoms with van der Waals surface area (Å²) in [7, 11) is 0. The summed E-state index contributed by atoms with van der Waals surface area (Å²) in [6.45, 7) is 6.22. The van der Waals surface area contributed by atoms with Crippen molar-refractivity contribution in [3.8, 4) is 0 Å². The summed E-state index contributed by atoms with van der Waals surface area (Å²) in [6.07, 6.45) is 2.35. The number of aromatic nitrogens is 1. The summed E-state index contributed by atoms with van der Waals surface area (Å²) in [5.41, 5.74) is 0.784. The monoisotopic (exact) mass is 242 g/mol. The van der Waals surface area contributed by atoms with Crippen LogP contribution in [0, 0.1) is 12.8 Å². The number of amides is 1. The second kappa shape index (κ2) is 3.94. The van der Waals surface area contributed by atoms with Gasteiger partial charge in [-0.3, -0.25) is 9.69 Å². The molecule has 0 N–H and O–H groups in total. The Morgan fingerprint density at radius 2 is 2.47 bits per heavy atom. The highest BCUT2D eigenvalue weighted by atomic mass is 35.5. The highest BCUT2D eigenvalue weighted by Gasteiger charge is 2.30. The number of hydrogen-bond acceptors (Lipinski definition) is 3. The minimum atomic E-state index is 0.102. The van der Waals surface area contributed by atoms with E-state index in [9.17, 15) is 4.79 Å². The molecular formula is C10H11ClN2OS. The molecule has 1 aliphatic heterocycles. The molecule has 1 aromatic rings. The summed E-state index contributed by atoms with van der Waals surface area (Å²) in [5.74, 6) is 0.339. The van der Waals surface area contributed by atoms with E-state index >= 15 is 0 Å². The Bertz CT molecular complexity index is 396. The number of halogens is 1. The van der Waals surface area contributed by atoms with Crippen LogP contribution in [0.25, 0.3) is 0 Å². The summed E-state index contributed by atoms with van der Waals surface area (Å²) in [4.78, 5) is 17.6. The maximum Gasteiger partial charge on any atom is 0.229 e. The van der Waals surface area contributed by atoms with Crippen molar-refractivity contribution in [1.29, 1.82) is 0 Å². The zero-order valence-electron chi connectivity index (χ0n) is 8.36. The third-order valence-corrected chi connectivity index (χ3v) is 3.92. The Labute approximate surface area is 97.4 Å². The molecule has 1 aromatic heterocycles. The molecule has 0 spiro atoms. The summed E-state index contributed by atoms with van der Waals surface area (Å²) in [6, 6.07) is 0. The van der Waals surface area contributed by atoms with E-state index in [0.717, 1.165) is 5.69 Å². The summed E-state index contributed by atoms with van der Waals surface area (Å²) in [5, 5.41) is 0.701. The van der Waals surface area contributed by atoms with Gasteiger partial charge < -0.3 is 0 Å². The van der Waals surface area contributed by atoms with Crippen LogP contribution in [0.3, 0.4) is 0 Å². The highest BCUT2D eigenvalue weighted by molar-refractivity contribution is 7.19. The van der Waals surface area contributed by atoms with Crippen molar-refractivity contribution in [3.63, 3.8) is 0 Å². The second-order valence-corrected chi connectivity index (χ2v) is 5.14. The Balaban J connectivity index is 2.24. The van der Waals surface area contributed by atoms with Crippen LogP contribution >= 0.6 is 22.9 Å². The van der Waals surface area contributed by atoms with Crippen LogP contribution in [0.5, 0.6) is 0 Å². The normalized spacial score (nSPS) is 21.1. The molecule has 0 aliphatic carbocycles. The van der Waals surface area contributed by atoms with Crippen molar-refractivity contribution in [1.82, 2.24) is 4.98 Å². The number of carbonyl (C=O) groups is 1. The van der Waals surface area contributed by atoms with Crippen LogP contribution in [0.1, 0.15) is 12.1 Å². The van der Waals surface area contributed by atoms with E-state index in [4.69, 9.17) is 11.6 Å². The van der Waals surface area contributed by atoms with Crippen LogP contribution in [-0.4, -0.2) is 17.4 Å². The molecule has 1 aliphatic rings. The molecule has 0 radical (unpaired) electrons. The molecule has 1 fully saturated rings. The minimum absolute atomic E-state index is 0.102. The maximum atomic E-state index is 11.7. The van der Waals surface area contributed by atoms with Gasteiger partial charge in [-0.15, -0.1) is 6.58 Å². The predicted molar refractivity (Wildman–Crippen MR) is 62.5 cm³/mol. The molecule has 2 heterocycles. The molecule has 3 nitrogen and oxygen atoms in total. The minimum Gasteiger partial charge on any atom is -0.287 e. The van der Waals surface area contributed by atoms with E-state index < -0.39 is 0 Å². The Morgan fingerprint density at radius 3 is 2.93 bits per heavy atom. The number of aryl methyl sites for hydroxylation is 1. The molecule has 1 saturated heterocycles. The van der Waals surface area contributed by atoms with Crippen LogP contribution in [0.15, 0.2) is 12.7 Å². The third kappa shape index (κ3) is 1.92. The lowest BCUT2D eigenvalue weighted by atomic mass is 10.1. The van der Waals surface area contributed by atoms with E-state index in [1.54, 1.807) is 4.90 Å². The maximum absolute atomic E-state index is 11.7. The number of thiazole rings is 1. The average molecular weight is 243 g/mol. The standard InChI is InChI=1S/C10H11ClN2OS/c1-3-7-4-8(14)13(5-7)10-12-6(2)9(11)15-10/h3,7H,1,4-5H2,2H3. The quantitative estimate of drug-likeness (QED) is 0.747. The van der Waals surface area contributed by atoms with Crippen molar-refractivity contribution in [3.05, 3.63) is 22.7 Å². The van der Waals surface area contributed by atoms with Gasteiger partial charge in [0.15, 0.2) is 5.13 Å². The van der Waals surface area contributed by atoms with Crippen molar-refractivity contribution in [2.24, 2.45) is 5.92 Å². The van der Waals surface area contributed by atoms with Crippen molar-refractivity contribution >= 4 is 34.0 Å². The van der Waals surface area contributed by atoms with Crippen molar-refractivity contribution < 1.29 is 4.79 Å². The molecule has 0 aromatic carbocycles. The largest absolute Gasteiger partial charge is 0.287 e. The zero-order chi connectivity index (χ0) is 11.0. The van der Waals surface area contributed by atoms with Crippen LogP contribution < -0.4 is 4.90 Å². The number of carbonyl (C=O) groups excluding carboxylic acids is 1. The van der Waals surface area contributed by atoms with Crippen molar-refractivity contribution in [2.45, 2.75) is 13.3 Å². The molecule has 1 amide bonds. The van der Waals surface area contributed by atoms with Gasteiger partial charge in [0.05, 0.1) is 5.69 Å². The van der Waals surface area contributed by atoms with Gasteiger partial charge >= 0.3 is 0 Å². The first-order valence-corrected chi connectivity index (χ1v) is 5.87. The highest BCUT2D eigenvalue weighted by Crippen LogP contribution is 2.33. The zero-order valence-corrected chi connectivity index (χ0v) is 9.94. The van der Waals surface area contributed by atoms with E-state index in [2.05, 4.69) is 11.6 Å². The molecule has 80 valence electrons. The third-order valence-electron chi connectivity index (χ3n) is 2.45. The first kappa shape index (κ1) is 10.6. The Kier molecular flexibility index (Phi) is 2.80. The van der Waals surface area contributed by atoms with Crippen molar-refractivity contribution in [2.75, 3.05) is 11.4 Å². The van der Waals surface area contributed by atoms with E-state index in [1.165, 1.54) is 11.3 Å². The fraction of sp³-hybridized carbons (Fsp3) is 0.400. The van der Waals surface area contributed by atoms with Gasteiger partial charge in [-0.1, -0.05) is 29.0 Å². The number of anilines is 1. The van der Waals surface area contributed by atoms with E-state index in [0.29, 0.717) is 22.4 Å². The molecule has 1 atom stereocenters. The number of hydrogen-bond donors (Lipinski definition) is 0. The van der Waals surface area contributed by atoms with Crippen LogP contribution in [-0.2, 0) is 4.79 Å². The summed E-state index contributed by atoms with van der Waals surface area (Å²) < 4.78 is 0.653. The van der Waals surface area contributed by atoms with Gasteiger partial charge in [0.1, 0.15) is 4.34 Å². The fourth-order valence-electron chi connectivity index (χ4n) is 1.56. The molecule has 5 heteroatoms. The molecule has 15 heavy (non-hydrogen) atoms. The van der Waals surface area contributed by atoms with E-state index in [-0.39, 0.29) is 11.8 Å². The molecule has 0 saturated carbocycles. The topological polar surface area (TPSA) is 33.2 Å². The summed E-state index contributed by atoms with van der Waals surface area (Å²) >= 11 is 7.28. The number of nitrogens with zero attached hydrogens (tertiary/aromatic N) is 2. The Morgan fingerprint density at radius 1 is 1.73 bits per heavy atom. The SMILES string of the molecule is C=CC1CC(=O)N(c2nc(C)c(Cl)s2)C1. The Hall–Kier alpha value is -0.870. The first-order chi connectivity index (χ1) is 7.11. The molecular weight excluding hydrogens is 232 g/mol. The van der Waals surface area contributed by atoms with Crippen LogP contribution in [0.2, 0.25) is 4.34 Å². The smallest absolute Gasteiger partial charge is 0.229 e. The van der Waals surface area contributed by atoms with Gasteiger partial charge in [-0.2, -0.15) is 0 Å². The van der Waals surface area contributed by atoms with Gasteiger partial charge in [0.2, 0.25) is 5.91 Å². The lowest BCUT2D eigenvalue weighted by molar-refractivity contribution is -0.117. The molecule has 2 rings (SSSR count). The van der Waals surface area contributed by atoms with Gasteiger partial charge in [0.25, 0.3) is 0 Å². The van der Waals surface area contributed by atoms with Gasteiger partial charge in [0, 0.05) is 18.9 Å².